The van der Waals surface area contributed by atoms with Crippen LogP contribution >= 0.6 is 0 Å². The van der Waals surface area contributed by atoms with Gasteiger partial charge in [0.15, 0.2) is 0 Å². The van der Waals surface area contributed by atoms with Crippen molar-refractivity contribution >= 4 is 11.9 Å². The zero-order valence-corrected chi connectivity index (χ0v) is 17.5. The summed E-state index contributed by atoms with van der Waals surface area (Å²) in [6, 6.07) is 12.8. The summed E-state index contributed by atoms with van der Waals surface area (Å²) in [5.41, 5.74) is 3.90. The van der Waals surface area contributed by atoms with Crippen LogP contribution in [0.25, 0.3) is 0 Å². The van der Waals surface area contributed by atoms with Crippen LogP contribution in [0.4, 0.5) is 0 Å². The Labute approximate surface area is 177 Å². The maximum absolute atomic E-state index is 11.7. The van der Waals surface area contributed by atoms with Crippen molar-refractivity contribution in [2.45, 2.75) is 50.0 Å². The van der Waals surface area contributed by atoms with E-state index in [0.29, 0.717) is 12.3 Å². The molecule has 1 aliphatic heterocycles. The highest BCUT2D eigenvalue weighted by molar-refractivity contribution is 6.28. The fourth-order valence-electron chi connectivity index (χ4n) is 5.13. The standard InChI is InChI=1S/C24H30N2O4/c1-25-13-11-19-20(22(8-7-21(19)25)30-24(29)23(27)28)12-16-26-14-9-18(10-15-26)17-5-3-2-4-6-17/h2-6,11,13,18,20,22H,7-10,12,14-16H2,1H3,(H,27,28). The van der Waals surface area contributed by atoms with Crippen molar-refractivity contribution in [2.24, 2.45) is 7.05 Å². The largest absolute Gasteiger partial charge is 0.473 e. The van der Waals surface area contributed by atoms with Gasteiger partial charge in [-0.15, -0.1) is 0 Å². The molecule has 2 aliphatic rings. The molecular formula is C24H30N2O4. The quantitative estimate of drug-likeness (QED) is 0.605. The Hall–Kier alpha value is -2.60. The summed E-state index contributed by atoms with van der Waals surface area (Å²) in [5.74, 6) is -1.99. The SMILES string of the molecule is Cn1ccc2c1CCC(OC(=O)C(=O)O)C2CCN1CCC(c2ccccc2)CC1. The van der Waals surface area contributed by atoms with Crippen LogP contribution in [-0.2, 0) is 27.8 Å². The van der Waals surface area contributed by atoms with Crippen molar-refractivity contribution in [3.8, 4) is 0 Å². The van der Waals surface area contributed by atoms with E-state index in [1.807, 2.05) is 13.2 Å². The van der Waals surface area contributed by atoms with E-state index in [0.717, 1.165) is 45.3 Å². The molecular weight excluding hydrogens is 380 g/mol. The molecule has 1 N–H and O–H groups in total. The number of hydrogen-bond acceptors (Lipinski definition) is 4. The molecule has 6 heteroatoms. The molecule has 0 radical (unpaired) electrons. The first-order valence-electron chi connectivity index (χ1n) is 10.9. The number of likely N-dealkylation sites (tertiary alicyclic amines) is 1. The summed E-state index contributed by atoms with van der Waals surface area (Å²) in [6.45, 7) is 3.06. The summed E-state index contributed by atoms with van der Waals surface area (Å²) in [4.78, 5) is 25.2. The molecule has 2 atom stereocenters. The average Bonchev–Trinajstić information content (AvgIpc) is 3.14. The van der Waals surface area contributed by atoms with Crippen LogP contribution in [0.3, 0.4) is 0 Å². The van der Waals surface area contributed by atoms with E-state index in [4.69, 9.17) is 9.84 Å². The van der Waals surface area contributed by atoms with Gasteiger partial charge in [0.1, 0.15) is 6.10 Å². The first-order chi connectivity index (χ1) is 14.5. The van der Waals surface area contributed by atoms with Crippen molar-refractivity contribution in [1.29, 1.82) is 0 Å². The molecule has 6 nitrogen and oxygen atoms in total. The number of benzene rings is 1. The predicted molar refractivity (Wildman–Crippen MR) is 113 cm³/mol. The summed E-state index contributed by atoms with van der Waals surface area (Å²) >= 11 is 0. The number of nitrogens with zero attached hydrogens (tertiary/aromatic N) is 2. The normalized spacial score (nSPS) is 22.4. The molecule has 0 amide bonds. The number of ether oxygens (including phenoxy) is 1. The van der Waals surface area contributed by atoms with Crippen molar-refractivity contribution in [1.82, 2.24) is 9.47 Å². The molecule has 0 saturated carbocycles. The van der Waals surface area contributed by atoms with Crippen LogP contribution < -0.4 is 0 Å². The zero-order valence-electron chi connectivity index (χ0n) is 17.5. The smallest absolute Gasteiger partial charge is 0.417 e. The van der Waals surface area contributed by atoms with E-state index in [1.165, 1.54) is 16.8 Å². The zero-order chi connectivity index (χ0) is 21.1. The van der Waals surface area contributed by atoms with Crippen LogP contribution in [0.15, 0.2) is 42.6 Å². The highest BCUT2D eigenvalue weighted by Gasteiger charge is 2.35. The van der Waals surface area contributed by atoms with Gasteiger partial charge in [0.05, 0.1) is 0 Å². The molecule has 30 heavy (non-hydrogen) atoms. The number of carboxylic acid groups (broad SMARTS) is 1. The average molecular weight is 411 g/mol. The first-order valence-corrected chi connectivity index (χ1v) is 10.9. The molecule has 1 aromatic carbocycles. The third-order valence-electron chi connectivity index (χ3n) is 6.80. The van der Waals surface area contributed by atoms with E-state index < -0.39 is 11.9 Å². The fraction of sp³-hybridized carbons (Fsp3) is 0.500. The van der Waals surface area contributed by atoms with Crippen molar-refractivity contribution in [3.05, 3.63) is 59.4 Å². The summed E-state index contributed by atoms with van der Waals surface area (Å²) in [7, 11) is 2.04. The van der Waals surface area contributed by atoms with Crippen molar-refractivity contribution in [2.75, 3.05) is 19.6 Å². The van der Waals surface area contributed by atoms with Gasteiger partial charge in [0.25, 0.3) is 0 Å². The van der Waals surface area contributed by atoms with Crippen LogP contribution in [0.2, 0.25) is 0 Å². The fourth-order valence-corrected chi connectivity index (χ4v) is 5.13. The third kappa shape index (κ3) is 4.43. The number of piperidine rings is 1. The van der Waals surface area contributed by atoms with Gasteiger partial charge in [-0.25, -0.2) is 9.59 Å². The van der Waals surface area contributed by atoms with Crippen LogP contribution in [0.1, 0.15) is 54.3 Å². The number of esters is 1. The molecule has 2 aromatic rings. The van der Waals surface area contributed by atoms with E-state index in [2.05, 4.69) is 45.9 Å². The number of aliphatic carboxylic acids is 1. The Morgan fingerprint density at radius 2 is 1.83 bits per heavy atom. The second-order valence-corrected chi connectivity index (χ2v) is 8.54. The Bertz CT molecular complexity index is 884. The lowest BCUT2D eigenvalue weighted by atomic mass is 9.81. The first kappa shape index (κ1) is 20.7. The molecule has 0 bridgehead atoms. The number of carbonyl (C=O) groups excluding carboxylic acids is 1. The molecule has 2 heterocycles. The number of aromatic nitrogens is 1. The van der Waals surface area contributed by atoms with Crippen LogP contribution in [0.5, 0.6) is 0 Å². The number of carboxylic acids is 1. The van der Waals surface area contributed by atoms with E-state index >= 15 is 0 Å². The van der Waals surface area contributed by atoms with Crippen molar-refractivity contribution in [3.63, 3.8) is 0 Å². The van der Waals surface area contributed by atoms with Crippen LogP contribution in [0, 0.1) is 0 Å². The number of fused-ring (bicyclic) bond motifs is 1. The molecule has 1 fully saturated rings. The number of carbonyl (C=O) groups is 2. The van der Waals surface area contributed by atoms with Gasteiger partial charge in [0, 0.05) is 24.9 Å². The van der Waals surface area contributed by atoms with E-state index in [-0.39, 0.29) is 12.0 Å². The van der Waals surface area contributed by atoms with Gasteiger partial charge in [-0.2, -0.15) is 0 Å². The number of rotatable bonds is 5. The van der Waals surface area contributed by atoms with Crippen LogP contribution in [-0.4, -0.2) is 52.3 Å². The summed E-state index contributed by atoms with van der Waals surface area (Å²) in [6.07, 6.45) is 6.32. The lowest BCUT2D eigenvalue weighted by Crippen LogP contribution is -2.37. The number of hydrogen-bond donors (Lipinski definition) is 1. The lowest BCUT2D eigenvalue weighted by molar-refractivity contribution is -0.168. The maximum Gasteiger partial charge on any atom is 0.417 e. The Morgan fingerprint density at radius 1 is 1.10 bits per heavy atom. The monoisotopic (exact) mass is 410 g/mol. The van der Waals surface area contributed by atoms with Crippen molar-refractivity contribution < 1.29 is 19.4 Å². The molecule has 160 valence electrons. The highest BCUT2D eigenvalue weighted by Crippen LogP contribution is 2.37. The van der Waals surface area contributed by atoms with E-state index in [1.54, 1.807) is 0 Å². The lowest BCUT2D eigenvalue weighted by Gasteiger charge is -2.36. The third-order valence-corrected chi connectivity index (χ3v) is 6.80. The second kappa shape index (κ2) is 9.04. The molecule has 1 aromatic heterocycles. The highest BCUT2D eigenvalue weighted by atomic mass is 16.6. The van der Waals surface area contributed by atoms with Gasteiger partial charge >= 0.3 is 11.9 Å². The Balaban J connectivity index is 1.38. The topological polar surface area (TPSA) is 71.8 Å². The second-order valence-electron chi connectivity index (χ2n) is 8.54. The molecule has 1 saturated heterocycles. The van der Waals surface area contributed by atoms with Gasteiger partial charge in [-0.3, -0.25) is 0 Å². The minimum atomic E-state index is -1.52. The molecule has 4 rings (SSSR count). The van der Waals surface area contributed by atoms with Gasteiger partial charge in [-0.1, -0.05) is 30.3 Å². The molecule has 1 aliphatic carbocycles. The molecule has 2 unspecified atom stereocenters. The van der Waals surface area contributed by atoms with Gasteiger partial charge < -0.3 is 19.3 Å². The van der Waals surface area contributed by atoms with Gasteiger partial charge in [0.2, 0.25) is 0 Å². The van der Waals surface area contributed by atoms with Gasteiger partial charge in [-0.05, 0) is 74.8 Å². The summed E-state index contributed by atoms with van der Waals surface area (Å²) < 4.78 is 7.51. The maximum atomic E-state index is 11.7. The molecule has 0 spiro atoms. The Kier molecular flexibility index (Phi) is 6.23. The Morgan fingerprint density at radius 3 is 2.53 bits per heavy atom. The minimum Gasteiger partial charge on any atom is -0.473 e. The predicted octanol–water partition coefficient (Wildman–Crippen LogP) is 3.32. The van der Waals surface area contributed by atoms with E-state index in [9.17, 15) is 9.59 Å². The summed E-state index contributed by atoms with van der Waals surface area (Å²) in [5, 5.41) is 8.96. The number of aryl methyl sites for hydroxylation is 1. The minimum absolute atomic E-state index is 0.0464.